The maximum absolute atomic E-state index is 12.0. The highest BCUT2D eigenvalue weighted by Crippen LogP contribution is 2.41. The molecule has 0 N–H and O–H groups in total. The van der Waals surface area contributed by atoms with E-state index in [1.807, 2.05) is 6.08 Å². The van der Waals surface area contributed by atoms with E-state index in [1.54, 1.807) is 5.57 Å². The second kappa shape index (κ2) is 4.04. The summed E-state index contributed by atoms with van der Waals surface area (Å²) in [5.74, 6) is 0.364. The molecule has 84 valence electrons. The number of rotatable bonds is 0. The van der Waals surface area contributed by atoms with Gasteiger partial charge in [-0.2, -0.15) is 0 Å². The molecule has 0 saturated carbocycles. The van der Waals surface area contributed by atoms with Crippen LogP contribution >= 0.6 is 0 Å². The first-order chi connectivity index (χ1) is 7.86. The van der Waals surface area contributed by atoms with Crippen molar-refractivity contribution in [1.82, 2.24) is 0 Å². The molecule has 0 bridgehead atoms. The van der Waals surface area contributed by atoms with Gasteiger partial charge < -0.3 is 0 Å². The fourth-order valence-electron chi connectivity index (χ4n) is 3.23. The number of carbonyl (C=O) groups excluding carboxylic acids is 1. The monoisotopic (exact) mass is 214 g/mol. The molecule has 0 unspecified atom stereocenters. The predicted octanol–water partition coefficient (Wildman–Crippen LogP) is 3.87. The zero-order chi connectivity index (χ0) is 11.0. The fourth-order valence-corrected chi connectivity index (χ4v) is 3.23. The number of carbonyl (C=O) groups is 1. The van der Waals surface area contributed by atoms with Crippen LogP contribution in [0, 0.1) is 0 Å². The first-order valence-electron chi connectivity index (χ1n) is 6.50. The Balaban J connectivity index is 1.97. The van der Waals surface area contributed by atoms with Gasteiger partial charge in [0.25, 0.3) is 0 Å². The van der Waals surface area contributed by atoms with E-state index < -0.39 is 0 Å². The van der Waals surface area contributed by atoms with Gasteiger partial charge in [0.15, 0.2) is 5.78 Å². The normalized spacial score (nSPS) is 25.4. The van der Waals surface area contributed by atoms with Crippen molar-refractivity contribution in [2.24, 2.45) is 0 Å². The molecule has 0 spiro atoms. The molecule has 0 radical (unpaired) electrons. The summed E-state index contributed by atoms with van der Waals surface area (Å²) in [5, 5.41) is 0. The van der Waals surface area contributed by atoms with Gasteiger partial charge in [-0.1, -0.05) is 30.6 Å². The van der Waals surface area contributed by atoms with Gasteiger partial charge in [0.05, 0.1) is 0 Å². The van der Waals surface area contributed by atoms with Crippen molar-refractivity contribution in [1.29, 1.82) is 0 Å². The highest BCUT2D eigenvalue weighted by Gasteiger charge is 2.28. The van der Waals surface area contributed by atoms with E-state index in [2.05, 4.69) is 6.08 Å². The lowest BCUT2D eigenvalue weighted by Crippen LogP contribution is -2.07. The molecule has 3 aliphatic rings. The van der Waals surface area contributed by atoms with E-state index in [0.29, 0.717) is 12.2 Å². The van der Waals surface area contributed by atoms with Crippen LogP contribution in [0.15, 0.2) is 34.4 Å². The van der Waals surface area contributed by atoms with Gasteiger partial charge in [0.2, 0.25) is 0 Å². The molecule has 0 amide bonds. The summed E-state index contributed by atoms with van der Waals surface area (Å²) in [6, 6.07) is 0. The molecular weight excluding hydrogens is 196 g/mol. The van der Waals surface area contributed by atoms with Crippen LogP contribution in [0.5, 0.6) is 0 Å². The van der Waals surface area contributed by atoms with Crippen LogP contribution in [-0.4, -0.2) is 5.78 Å². The average Bonchev–Trinajstić information content (AvgIpc) is 2.57. The molecule has 0 atom stereocenters. The fraction of sp³-hybridized carbons (Fsp3) is 0.533. The highest BCUT2D eigenvalue weighted by atomic mass is 16.1. The Labute approximate surface area is 96.9 Å². The summed E-state index contributed by atoms with van der Waals surface area (Å²) in [6.45, 7) is 0. The van der Waals surface area contributed by atoms with Crippen LogP contribution in [0.1, 0.15) is 51.4 Å². The Morgan fingerprint density at radius 3 is 2.69 bits per heavy atom. The Morgan fingerprint density at radius 2 is 1.81 bits per heavy atom. The van der Waals surface area contributed by atoms with Crippen molar-refractivity contribution in [3.05, 3.63) is 34.4 Å². The van der Waals surface area contributed by atoms with Crippen molar-refractivity contribution in [3.63, 3.8) is 0 Å². The predicted molar refractivity (Wildman–Crippen MR) is 65.1 cm³/mol. The molecule has 0 fully saturated rings. The van der Waals surface area contributed by atoms with E-state index in [1.165, 1.54) is 43.3 Å². The van der Waals surface area contributed by atoms with Crippen LogP contribution in [-0.2, 0) is 4.79 Å². The van der Waals surface area contributed by atoms with Gasteiger partial charge in [0.1, 0.15) is 0 Å². The van der Waals surface area contributed by atoms with Gasteiger partial charge >= 0.3 is 0 Å². The molecule has 0 saturated heterocycles. The van der Waals surface area contributed by atoms with Crippen LogP contribution < -0.4 is 0 Å². The van der Waals surface area contributed by atoms with E-state index in [-0.39, 0.29) is 0 Å². The molecule has 1 heteroatoms. The van der Waals surface area contributed by atoms with Crippen LogP contribution in [0.3, 0.4) is 0 Å². The highest BCUT2D eigenvalue weighted by molar-refractivity contribution is 6.04. The smallest absolute Gasteiger partial charge is 0.167 e. The average molecular weight is 214 g/mol. The minimum absolute atomic E-state index is 0.364. The quantitative estimate of drug-likeness (QED) is 0.598. The first kappa shape index (κ1) is 10.1. The molecule has 0 aromatic carbocycles. The topological polar surface area (TPSA) is 17.1 Å². The maximum Gasteiger partial charge on any atom is 0.167 e. The molecule has 0 aliphatic heterocycles. The third-order valence-corrected chi connectivity index (χ3v) is 4.01. The number of fused-ring (bicyclic) bond motifs is 1. The summed E-state index contributed by atoms with van der Waals surface area (Å²) in [5.41, 5.74) is 5.43. The van der Waals surface area contributed by atoms with Gasteiger partial charge in [-0.15, -0.1) is 0 Å². The Hall–Kier alpha value is -1.11. The largest absolute Gasteiger partial charge is 0.294 e. The molecule has 16 heavy (non-hydrogen) atoms. The maximum atomic E-state index is 12.0. The zero-order valence-electron chi connectivity index (χ0n) is 9.72. The van der Waals surface area contributed by atoms with E-state index in [0.717, 1.165) is 18.4 Å². The SMILES string of the molecule is O=C1CC=CC2=C1C1=C(CCCCCC1)C2. The van der Waals surface area contributed by atoms with Gasteiger partial charge in [-0.3, -0.25) is 4.79 Å². The van der Waals surface area contributed by atoms with Gasteiger partial charge in [0, 0.05) is 12.0 Å². The van der Waals surface area contributed by atoms with E-state index in [9.17, 15) is 4.79 Å². The number of allylic oxidation sites excluding steroid dienone is 6. The lowest BCUT2D eigenvalue weighted by Gasteiger charge is -2.14. The molecular formula is C15H18O. The molecule has 3 rings (SSSR count). The zero-order valence-corrected chi connectivity index (χ0v) is 9.72. The summed E-state index contributed by atoms with van der Waals surface area (Å²) in [6.07, 6.45) is 13.6. The summed E-state index contributed by atoms with van der Waals surface area (Å²) < 4.78 is 0. The molecule has 0 aromatic rings. The molecule has 1 nitrogen and oxygen atoms in total. The first-order valence-corrected chi connectivity index (χ1v) is 6.50. The van der Waals surface area contributed by atoms with Crippen LogP contribution in [0.25, 0.3) is 0 Å². The Kier molecular flexibility index (Phi) is 2.55. The lowest BCUT2D eigenvalue weighted by atomic mass is 9.89. The second-order valence-electron chi connectivity index (χ2n) is 5.10. The lowest BCUT2D eigenvalue weighted by molar-refractivity contribution is -0.114. The molecule has 0 aromatic heterocycles. The van der Waals surface area contributed by atoms with Crippen molar-refractivity contribution in [3.8, 4) is 0 Å². The Morgan fingerprint density at radius 1 is 1.00 bits per heavy atom. The van der Waals surface area contributed by atoms with Crippen LogP contribution in [0.2, 0.25) is 0 Å². The van der Waals surface area contributed by atoms with E-state index >= 15 is 0 Å². The third-order valence-electron chi connectivity index (χ3n) is 4.01. The van der Waals surface area contributed by atoms with Crippen molar-refractivity contribution in [2.45, 2.75) is 51.4 Å². The standard InChI is InChI=1S/C15H18O/c16-14-9-5-7-12-10-11-6-3-1-2-4-8-13(11)15(12)14/h5,7H,1-4,6,8-10H2. The van der Waals surface area contributed by atoms with Crippen molar-refractivity contribution in [2.75, 3.05) is 0 Å². The number of ketones is 1. The number of hydrogen-bond donors (Lipinski definition) is 0. The third kappa shape index (κ3) is 1.59. The van der Waals surface area contributed by atoms with Crippen LogP contribution in [0.4, 0.5) is 0 Å². The molecule has 3 aliphatic carbocycles. The number of Topliss-reactive ketones (excluding diaryl/α,β-unsaturated/α-hetero) is 1. The minimum atomic E-state index is 0.364. The summed E-state index contributed by atoms with van der Waals surface area (Å²) in [4.78, 5) is 12.0. The van der Waals surface area contributed by atoms with Gasteiger partial charge in [-0.05, 0) is 43.3 Å². The van der Waals surface area contributed by atoms with Crippen molar-refractivity contribution >= 4 is 5.78 Å². The minimum Gasteiger partial charge on any atom is -0.294 e. The van der Waals surface area contributed by atoms with Crippen molar-refractivity contribution < 1.29 is 4.79 Å². The summed E-state index contributed by atoms with van der Waals surface area (Å²) >= 11 is 0. The van der Waals surface area contributed by atoms with E-state index in [4.69, 9.17) is 0 Å². The summed E-state index contributed by atoms with van der Waals surface area (Å²) in [7, 11) is 0. The second-order valence-corrected chi connectivity index (χ2v) is 5.10. The number of hydrogen-bond acceptors (Lipinski definition) is 1. The molecule has 0 heterocycles. The Bertz CT molecular complexity index is 421. The van der Waals surface area contributed by atoms with Gasteiger partial charge in [-0.25, -0.2) is 0 Å².